The molecule has 8 nitrogen and oxygen atoms in total. The van der Waals surface area contributed by atoms with Crippen LogP contribution in [-0.4, -0.2) is 34.9 Å². The number of hydrogen-bond donors (Lipinski definition) is 1. The number of anilines is 1. The number of aromatic nitrogens is 1. The van der Waals surface area contributed by atoms with Gasteiger partial charge in [0.15, 0.2) is 16.7 Å². The Morgan fingerprint density at radius 2 is 1.66 bits per heavy atom. The van der Waals surface area contributed by atoms with Gasteiger partial charge in [0, 0.05) is 0 Å². The summed E-state index contributed by atoms with van der Waals surface area (Å²) in [4.78, 5) is 45.1. The third kappa shape index (κ3) is 5.80. The van der Waals surface area contributed by atoms with Gasteiger partial charge in [0.1, 0.15) is 17.2 Å². The van der Waals surface area contributed by atoms with E-state index in [-0.39, 0.29) is 15.6 Å². The van der Waals surface area contributed by atoms with Crippen LogP contribution in [0.25, 0.3) is 6.08 Å². The van der Waals surface area contributed by atoms with Crippen molar-refractivity contribution >= 4 is 40.2 Å². The van der Waals surface area contributed by atoms with Crippen LogP contribution in [-0.2, 0) is 20.9 Å². The Labute approximate surface area is 240 Å². The lowest BCUT2D eigenvalue weighted by atomic mass is 9.95. The number of benzene rings is 3. The standard InChI is InChI=1S/C32H26N2O6S/c1-20-29(31(38)39-2)41-32(33-20)34-27(23-14-16-24(17-15-23)40-19-22-11-7-4-8-12-22)26(28(36)30(34)37)25(35)18-13-21-9-5-3-6-10-21/h3-18,27,36H,19H2,1-2H3/b18-13+. The Hall–Kier alpha value is -5.02. The number of hydrogen-bond acceptors (Lipinski definition) is 8. The fourth-order valence-corrected chi connectivity index (χ4v) is 5.46. The lowest BCUT2D eigenvalue weighted by Crippen LogP contribution is -2.30. The van der Waals surface area contributed by atoms with Crippen LogP contribution in [0, 0.1) is 6.92 Å². The maximum Gasteiger partial charge on any atom is 0.350 e. The summed E-state index contributed by atoms with van der Waals surface area (Å²) in [7, 11) is 1.26. The molecule has 9 heteroatoms. The molecular weight excluding hydrogens is 540 g/mol. The summed E-state index contributed by atoms with van der Waals surface area (Å²) in [5.74, 6) is -1.99. The van der Waals surface area contributed by atoms with Gasteiger partial charge in [-0.2, -0.15) is 0 Å². The van der Waals surface area contributed by atoms with E-state index >= 15 is 0 Å². The summed E-state index contributed by atoms with van der Waals surface area (Å²) in [6.07, 6.45) is 2.95. The highest BCUT2D eigenvalue weighted by atomic mass is 32.1. The first-order valence-corrected chi connectivity index (χ1v) is 13.6. The van der Waals surface area contributed by atoms with Crippen LogP contribution < -0.4 is 9.64 Å². The van der Waals surface area contributed by atoms with E-state index in [1.54, 1.807) is 37.3 Å². The van der Waals surface area contributed by atoms with E-state index in [1.165, 1.54) is 18.1 Å². The number of esters is 1. The number of allylic oxidation sites excluding steroid dienone is 1. The molecule has 0 saturated carbocycles. The van der Waals surface area contributed by atoms with Gasteiger partial charge in [-0.3, -0.25) is 14.5 Å². The van der Waals surface area contributed by atoms with E-state index in [0.717, 1.165) is 22.5 Å². The molecule has 0 aliphatic carbocycles. The Bertz CT molecular complexity index is 1640. The zero-order valence-corrected chi connectivity index (χ0v) is 23.1. The molecule has 0 bridgehead atoms. The summed E-state index contributed by atoms with van der Waals surface area (Å²) < 4.78 is 10.7. The second-order valence-electron chi connectivity index (χ2n) is 9.19. The van der Waals surface area contributed by atoms with Crippen molar-refractivity contribution in [2.75, 3.05) is 12.0 Å². The predicted octanol–water partition coefficient (Wildman–Crippen LogP) is 6.00. The number of ketones is 1. The molecule has 0 spiro atoms. The Balaban J connectivity index is 1.50. The average Bonchev–Trinajstić information content (AvgIpc) is 3.51. The van der Waals surface area contributed by atoms with Crippen molar-refractivity contribution < 1.29 is 29.0 Å². The van der Waals surface area contributed by atoms with Gasteiger partial charge in [0.05, 0.1) is 24.4 Å². The molecule has 0 radical (unpaired) electrons. The van der Waals surface area contributed by atoms with Crippen LogP contribution in [0.4, 0.5) is 5.13 Å². The van der Waals surface area contributed by atoms with Crippen LogP contribution >= 0.6 is 11.3 Å². The molecule has 1 aromatic heterocycles. The third-order valence-corrected chi connectivity index (χ3v) is 7.64. The number of rotatable bonds is 9. The van der Waals surface area contributed by atoms with Crippen molar-refractivity contribution in [1.82, 2.24) is 4.98 Å². The van der Waals surface area contributed by atoms with Gasteiger partial charge in [-0.05, 0) is 41.8 Å². The molecule has 4 aromatic rings. The fraction of sp³-hybridized carbons (Fsp3) is 0.125. The lowest BCUT2D eigenvalue weighted by Gasteiger charge is -2.24. The van der Waals surface area contributed by atoms with Crippen molar-refractivity contribution in [2.24, 2.45) is 0 Å². The van der Waals surface area contributed by atoms with Gasteiger partial charge in [-0.15, -0.1) is 0 Å². The van der Waals surface area contributed by atoms with Gasteiger partial charge in [-0.1, -0.05) is 90.2 Å². The second-order valence-corrected chi connectivity index (χ2v) is 10.2. The van der Waals surface area contributed by atoms with Gasteiger partial charge in [0.25, 0.3) is 5.91 Å². The first-order valence-electron chi connectivity index (χ1n) is 12.7. The van der Waals surface area contributed by atoms with E-state index in [9.17, 15) is 19.5 Å². The molecule has 1 aliphatic rings. The largest absolute Gasteiger partial charge is 0.503 e. The molecule has 0 fully saturated rings. The van der Waals surface area contributed by atoms with Gasteiger partial charge in [0.2, 0.25) is 0 Å². The highest BCUT2D eigenvalue weighted by molar-refractivity contribution is 7.17. The van der Waals surface area contributed by atoms with E-state index < -0.39 is 29.5 Å². The number of ether oxygens (including phenoxy) is 2. The normalized spacial score (nSPS) is 15.0. The highest BCUT2D eigenvalue weighted by Crippen LogP contribution is 2.43. The van der Waals surface area contributed by atoms with Gasteiger partial charge >= 0.3 is 5.97 Å². The van der Waals surface area contributed by atoms with Crippen LogP contribution in [0.15, 0.2) is 102 Å². The monoisotopic (exact) mass is 566 g/mol. The van der Waals surface area contributed by atoms with Crippen LogP contribution in [0.3, 0.4) is 0 Å². The number of nitrogens with zero attached hydrogens (tertiary/aromatic N) is 2. The fourth-order valence-electron chi connectivity index (χ4n) is 4.45. The summed E-state index contributed by atoms with van der Waals surface area (Å²) in [5.41, 5.74) is 2.63. The number of carbonyl (C=O) groups excluding carboxylic acids is 3. The molecule has 3 aromatic carbocycles. The molecule has 41 heavy (non-hydrogen) atoms. The SMILES string of the molecule is COC(=O)c1sc(N2C(=O)C(O)=C(C(=O)/C=C/c3ccccc3)C2c2ccc(OCc3ccccc3)cc2)nc1C. The van der Waals surface area contributed by atoms with Gasteiger partial charge < -0.3 is 14.6 Å². The number of amides is 1. The first-order chi connectivity index (χ1) is 19.9. The van der Waals surface area contributed by atoms with Crippen molar-refractivity contribution in [1.29, 1.82) is 0 Å². The number of aliphatic hydroxyl groups excluding tert-OH is 1. The van der Waals surface area contributed by atoms with E-state index in [1.807, 2.05) is 60.7 Å². The molecule has 1 atom stereocenters. The van der Waals surface area contributed by atoms with E-state index in [2.05, 4.69) is 4.98 Å². The number of aliphatic hydroxyl groups is 1. The second kappa shape index (κ2) is 12.0. The molecule has 1 unspecified atom stereocenters. The number of aryl methyl sites for hydroxylation is 1. The first kappa shape index (κ1) is 27.5. The number of methoxy groups -OCH3 is 1. The van der Waals surface area contributed by atoms with E-state index in [4.69, 9.17) is 9.47 Å². The smallest absolute Gasteiger partial charge is 0.350 e. The Morgan fingerprint density at radius 3 is 2.32 bits per heavy atom. The van der Waals surface area contributed by atoms with Crippen LogP contribution in [0.5, 0.6) is 5.75 Å². The molecule has 206 valence electrons. The third-order valence-electron chi connectivity index (χ3n) is 6.51. The van der Waals surface area contributed by atoms with Crippen molar-refractivity contribution in [2.45, 2.75) is 19.6 Å². The summed E-state index contributed by atoms with van der Waals surface area (Å²) >= 11 is 0.954. The van der Waals surface area contributed by atoms with Crippen molar-refractivity contribution in [3.05, 3.63) is 130 Å². The molecule has 1 amide bonds. The maximum absolute atomic E-state index is 13.5. The van der Waals surface area contributed by atoms with Crippen LogP contribution in [0.2, 0.25) is 0 Å². The molecule has 1 aliphatic heterocycles. The Kier molecular flexibility index (Phi) is 8.07. The number of carbonyl (C=O) groups is 3. The Morgan fingerprint density at radius 1 is 1.00 bits per heavy atom. The minimum absolute atomic E-state index is 0.0902. The molecule has 2 heterocycles. The predicted molar refractivity (Wildman–Crippen MR) is 156 cm³/mol. The number of thiazole rings is 1. The van der Waals surface area contributed by atoms with Crippen LogP contribution in [0.1, 0.15) is 38.1 Å². The molecule has 5 rings (SSSR count). The van der Waals surface area contributed by atoms with Crippen molar-refractivity contribution in [3.63, 3.8) is 0 Å². The lowest BCUT2D eigenvalue weighted by molar-refractivity contribution is -0.117. The topological polar surface area (TPSA) is 106 Å². The zero-order valence-electron chi connectivity index (χ0n) is 22.3. The maximum atomic E-state index is 13.5. The molecular formula is C32H26N2O6S. The quantitative estimate of drug-likeness (QED) is 0.196. The minimum Gasteiger partial charge on any atom is -0.503 e. The average molecular weight is 567 g/mol. The van der Waals surface area contributed by atoms with Gasteiger partial charge in [-0.25, -0.2) is 9.78 Å². The summed E-state index contributed by atoms with van der Waals surface area (Å²) in [6, 6.07) is 24.9. The molecule has 0 saturated heterocycles. The highest BCUT2D eigenvalue weighted by Gasteiger charge is 2.45. The van der Waals surface area contributed by atoms with E-state index in [0.29, 0.717) is 23.6 Å². The summed E-state index contributed by atoms with van der Waals surface area (Å²) in [5, 5.41) is 11.1. The molecule has 1 N–H and O–H groups in total. The minimum atomic E-state index is -0.991. The summed E-state index contributed by atoms with van der Waals surface area (Å²) in [6.45, 7) is 2.00. The zero-order chi connectivity index (χ0) is 28.9. The van der Waals surface area contributed by atoms with Crippen molar-refractivity contribution in [3.8, 4) is 5.75 Å².